The van der Waals surface area contributed by atoms with Gasteiger partial charge in [-0.1, -0.05) is 91.4 Å². The van der Waals surface area contributed by atoms with E-state index in [1.165, 1.54) is 70.6 Å². The van der Waals surface area contributed by atoms with Crippen LogP contribution in [0.2, 0.25) is 0 Å². The van der Waals surface area contributed by atoms with Crippen molar-refractivity contribution < 1.29 is 4.39 Å². The number of hydrogen-bond acceptors (Lipinski definition) is 0. The van der Waals surface area contributed by atoms with Gasteiger partial charge in [0.25, 0.3) is 0 Å². The van der Waals surface area contributed by atoms with Crippen molar-refractivity contribution in [2.24, 2.45) is 11.8 Å². The van der Waals surface area contributed by atoms with Crippen LogP contribution >= 0.6 is 0 Å². The molecule has 1 heteroatoms. The van der Waals surface area contributed by atoms with Crippen LogP contribution in [-0.4, -0.2) is 6.67 Å². The first-order valence-corrected chi connectivity index (χ1v) is 8.32. The van der Waals surface area contributed by atoms with E-state index >= 15 is 0 Å². The summed E-state index contributed by atoms with van der Waals surface area (Å²) >= 11 is 0. The molecule has 0 aliphatic heterocycles. The van der Waals surface area contributed by atoms with Crippen molar-refractivity contribution in [3.8, 4) is 0 Å². The fraction of sp³-hybridized carbons (Fsp3) is 1.00. The van der Waals surface area contributed by atoms with Gasteiger partial charge in [0, 0.05) is 0 Å². The predicted molar refractivity (Wildman–Crippen MR) is 80.8 cm³/mol. The van der Waals surface area contributed by atoms with Gasteiger partial charge in [0.1, 0.15) is 0 Å². The lowest BCUT2D eigenvalue weighted by Crippen LogP contribution is -2.14. The SMILES string of the molecule is CCCCCCCC(CCCCCC)[C@H](C)CF. The molecule has 0 amide bonds. The van der Waals surface area contributed by atoms with Gasteiger partial charge in [-0.05, 0) is 11.8 Å². The van der Waals surface area contributed by atoms with Gasteiger partial charge in [0.05, 0.1) is 6.67 Å². The normalized spacial score (nSPS) is 14.7. The molecule has 0 spiro atoms. The highest BCUT2D eigenvalue weighted by atomic mass is 19.1. The van der Waals surface area contributed by atoms with Crippen molar-refractivity contribution in [2.75, 3.05) is 6.67 Å². The standard InChI is InChI=1S/C17H35F/c1-4-6-8-10-12-14-17(16(3)15-18)13-11-9-7-5-2/h16-17H,4-15H2,1-3H3/t16-,17?/m1/s1. The van der Waals surface area contributed by atoms with E-state index in [2.05, 4.69) is 20.8 Å². The minimum atomic E-state index is -0.132. The fourth-order valence-corrected chi connectivity index (χ4v) is 2.68. The summed E-state index contributed by atoms with van der Waals surface area (Å²) < 4.78 is 12.8. The van der Waals surface area contributed by atoms with E-state index in [0.717, 1.165) is 0 Å². The van der Waals surface area contributed by atoms with Crippen molar-refractivity contribution in [2.45, 2.75) is 91.4 Å². The Bertz CT molecular complexity index is 156. The minimum absolute atomic E-state index is 0.132. The topological polar surface area (TPSA) is 0 Å². The lowest BCUT2D eigenvalue weighted by molar-refractivity contribution is 0.242. The lowest BCUT2D eigenvalue weighted by atomic mass is 9.85. The van der Waals surface area contributed by atoms with Crippen molar-refractivity contribution >= 4 is 0 Å². The number of halogens is 1. The zero-order valence-electron chi connectivity index (χ0n) is 13.0. The molecule has 0 heterocycles. The first-order chi connectivity index (χ1) is 8.76. The molecule has 0 saturated heterocycles. The second kappa shape index (κ2) is 13.4. The molecule has 0 bridgehead atoms. The van der Waals surface area contributed by atoms with E-state index in [1.54, 1.807) is 0 Å². The van der Waals surface area contributed by atoms with Gasteiger partial charge in [0.15, 0.2) is 0 Å². The largest absolute Gasteiger partial charge is 0.251 e. The molecule has 110 valence electrons. The minimum Gasteiger partial charge on any atom is -0.251 e. The summed E-state index contributed by atoms with van der Waals surface area (Å²) in [6, 6.07) is 0. The molecule has 0 aromatic heterocycles. The molecule has 0 aliphatic rings. The Morgan fingerprint density at radius 1 is 0.722 bits per heavy atom. The third-order valence-corrected chi connectivity index (χ3v) is 4.16. The quantitative estimate of drug-likeness (QED) is 0.329. The van der Waals surface area contributed by atoms with Crippen LogP contribution in [-0.2, 0) is 0 Å². The third-order valence-electron chi connectivity index (χ3n) is 4.16. The maximum atomic E-state index is 12.8. The summed E-state index contributed by atoms with van der Waals surface area (Å²) in [5.41, 5.74) is 0. The summed E-state index contributed by atoms with van der Waals surface area (Å²) in [5, 5.41) is 0. The Balaban J connectivity index is 3.70. The van der Waals surface area contributed by atoms with Crippen LogP contribution in [0.5, 0.6) is 0 Å². The van der Waals surface area contributed by atoms with E-state index < -0.39 is 0 Å². The number of rotatable bonds is 13. The van der Waals surface area contributed by atoms with Crippen molar-refractivity contribution in [1.82, 2.24) is 0 Å². The average Bonchev–Trinajstić information content (AvgIpc) is 2.40. The molecule has 0 nitrogen and oxygen atoms in total. The number of hydrogen-bond donors (Lipinski definition) is 0. The zero-order valence-corrected chi connectivity index (χ0v) is 13.0. The summed E-state index contributed by atoms with van der Waals surface area (Å²) in [6.07, 6.45) is 14.5. The van der Waals surface area contributed by atoms with Crippen LogP contribution in [0.4, 0.5) is 4.39 Å². The first kappa shape index (κ1) is 17.9. The molecule has 0 rings (SSSR count). The molecule has 0 radical (unpaired) electrons. The van der Waals surface area contributed by atoms with Crippen molar-refractivity contribution in [3.05, 3.63) is 0 Å². The molecule has 0 saturated carbocycles. The predicted octanol–water partition coefficient (Wildman–Crippen LogP) is 6.54. The highest BCUT2D eigenvalue weighted by molar-refractivity contribution is 4.67. The Morgan fingerprint density at radius 3 is 1.61 bits per heavy atom. The van der Waals surface area contributed by atoms with E-state index in [9.17, 15) is 4.39 Å². The molecule has 0 aliphatic carbocycles. The van der Waals surface area contributed by atoms with E-state index in [-0.39, 0.29) is 12.6 Å². The van der Waals surface area contributed by atoms with Crippen molar-refractivity contribution in [3.63, 3.8) is 0 Å². The number of alkyl halides is 1. The Labute approximate surface area is 115 Å². The van der Waals surface area contributed by atoms with Crippen molar-refractivity contribution in [1.29, 1.82) is 0 Å². The second-order valence-corrected chi connectivity index (χ2v) is 5.94. The maximum Gasteiger partial charge on any atom is 0.0922 e. The van der Waals surface area contributed by atoms with Crippen LogP contribution in [0, 0.1) is 11.8 Å². The summed E-state index contributed by atoms with van der Waals surface area (Å²) in [6.45, 7) is 6.46. The highest BCUT2D eigenvalue weighted by Gasteiger charge is 2.16. The smallest absolute Gasteiger partial charge is 0.0922 e. The summed E-state index contributed by atoms with van der Waals surface area (Å²) in [5.74, 6) is 0.909. The van der Waals surface area contributed by atoms with Crippen LogP contribution in [0.1, 0.15) is 91.4 Å². The van der Waals surface area contributed by atoms with Gasteiger partial charge in [-0.25, -0.2) is 0 Å². The second-order valence-electron chi connectivity index (χ2n) is 5.94. The lowest BCUT2D eigenvalue weighted by Gasteiger charge is -2.21. The Hall–Kier alpha value is -0.0700. The molecule has 18 heavy (non-hydrogen) atoms. The highest BCUT2D eigenvalue weighted by Crippen LogP contribution is 2.26. The fourth-order valence-electron chi connectivity index (χ4n) is 2.68. The molecule has 1 unspecified atom stereocenters. The zero-order chi connectivity index (χ0) is 13.6. The molecule has 0 N–H and O–H groups in total. The van der Waals surface area contributed by atoms with E-state index in [1.807, 2.05) is 0 Å². The molecule has 0 aromatic rings. The molecular weight excluding hydrogens is 223 g/mol. The summed E-state index contributed by atoms with van der Waals surface area (Å²) in [7, 11) is 0. The first-order valence-electron chi connectivity index (χ1n) is 8.32. The van der Waals surface area contributed by atoms with Gasteiger partial charge >= 0.3 is 0 Å². The number of unbranched alkanes of at least 4 members (excludes halogenated alkanes) is 7. The summed E-state index contributed by atoms with van der Waals surface area (Å²) in [4.78, 5) is 0. The third kappa shape index (κ3) is 9.91. The monoisotopic (exact) mass is 258 g/mol. The van der Waals surface area contributed by atoms with Gasteiger partial charge < -0.3 is 0 Å². The molecule has 2 atom stereocenters. The molecular formula is C17H35F. The van der Waals surface area contributed by atoms with Crippen LogP contribution in [0.25, 0.3) is 0 Å². The Morgan fingerprint density at radius 2 is 1.17 bits per heavy atom. The molecule has 0 aromatic carbocycles. The molecule has 0 fully saturated rings. The van der Waals surface area contributed by atoms with Gasteiger partial charge in [-0.2, -0.15) is 0 Å². The van der Waals surface area contributed by atoms with Gasteiger partial charge in [-0.15, -0.1) is 0 Å². The van der Waals surface area contributed by atoms with Crippen LogP contribution < -0.4 is 0 Å². The van der Waals surface area contributed by atoms with E-state index in [0.29, 0.717) is 5.92 Å². The van der Waals surface area contributed by atoms with Gasteiger partial charge in [0.2, 0.25) is 0 Å². The van der Waals surface area contributed by atoms with Gasteiger partial charge in [-0.3, -0.25) is 4.39 Å². The van der Waals surface area contributed by atoms with Crippen LogP contribution in [0.3, 0.4) is 0 Å². The van der Waals surface area contributed by atoms with Crippen LogP contribution in [0.15, 0.2) is 0 Å². The average molecular weight is 258 g/mol. The Kier molecular flexibility index (Phi) is 13.3. The maximum absolute atomic E-state index is 12.8. The van der Waals surface area contributed by atoms with E-state index in [4.69, 9.17) is 0 Å².